The fraction of sp³-hybridized carbons (Fsp3) is 0.222. The Morgan fingerprint density at radius 2 is 2.29 bits per heavy atom. The Labute approximate surface area is 94.4 Å². The second-order valence-corrected chi connectivity index (χ2v) is 4.04. The summed E-state index contributed by atoms with van der Waals surface area (Å²) in [4.78, 5) is 12.9. The molecular formula is C9H8FIN2O. The van der Waals surface area contributed by atoms with Crippen molar-refractivity contribution in [3.8, 4) is 0 Å². The SMILES string of the molecule is O=C1NCCN1c1cccc(F)c1I. The van der Waals surface area contributed by atoms with Crippen LogP contribution < -0.4 is 10.2 Å². The van der Waals surface area contributed by atoms with Crippen LogP contribution >= 0.6 is 22.6 Å². The summed E-state index contributed by atoms with van der Waals surface area (Å²) >= 11 is 1.91. The third-order valence-electron chi connectivity index (χ3n) is 2.08. The van der Waals surface area contributed by atoms with Gasteiger partial charge in [0.25, 0.3) is 0 Å². The molecule has 1 heterocycles. The van der Waals surface area contributed by atoms with Crippen molar-refractivity contribution in [2.24, 2.45) is 0 Å². The number of hydrogen-bond acceptors (Lipinski definition) is 1. The van der Waals surface area contributed by atoms with E-state index >= 15 is 0 Å². The van der Waals surface area contributed by atoms with Crippen molar-refractivity contribution in [2.75, 3.05) is 18.0 Å². The van der Waals surface area contributed by atoms with Crippen LogP contribution in [0.5, 0.6) is 0 Å². The van der Waals surface area contributed by atoms with E-state index in [4.69, 9.17) is 0 Å². The summed E-state index contributed by atoms with van der Waals surface area (Å²) in [5.41, 5.74) is 0.639. The maximum Gasteiger partial charge on any atom is 0.322 e. The molecule has 0 atom stereocenters. The predicted octanol–water partition coefficient (Wildman–Crippen LogP) is 1.96. The van der Waals surface area contributed by atoms with Gasteiger partial charge in [-0.15, -0.1) is 0 Å². The maximum absolute atomic E-state index is 13.2. The molecule has 1 N–H and O–H groups in total. The molecule has 1 aliphatic rings. The standard InChI is InChI=1S/C9H8FIN2O/c10-6-2-1-3-7(8(6)11)13-5-4-12-9(13)14/h1-3H,4-5H2,(H,12,14). The molecule has 1 fully saturated rings. The van der Waals surface area contributed by atoms with Gasteiger partial charge < -0.3 is 5.32 Å². The van der Waals surface area contributed by atoms with E-state index in [0.29, 0.717) is 22.3 Å². The number of nitrogens with one attached hydrogen (secondary N) is 1. The lowest BCUT2D eigenvalue weighted by Gasteiger charge is -2.15. The van der Waals surface area contributed by atoms with Gasteiger partial charge in [0.1, 0.15) is 5.82 Å². The van der Waals surface area contributed by atoms with Crippen LogP contribution in [0.3, 0.4) is 0 Å². The summed E-state index contributed by atoms with van der Waals surface area (Å²) in [7, 11) is 0. The van der Waals surface area contributed by atoms with Gasteiger partial charge in [0, 0.05) is 13.1 Å². The number of benzene rings is 1. The highest BCUT2D eigenvalue weighted by Gasteiger charge is 2.23. The van der Waals surface area contributed by atoms with E-state index in [1.165, 1.54) is 6.07 Å². The van der Waals surface area contributed by atoms with Crippen LogP contribution in [0.2, 0.25) is 0 Å². The average molecular weight is 306 g/mol. The van der Waals surface area contributed by atoms with Crippen molar-refractivity contribution >= 4 is 34.3 Å². The minimum absolute atomic E-state index is 0.159. The van der Waals surface area contributed by atoms with Crippen molar-refractivity contribution in [2.45, 2.75) is 0 Å². The summed E-state index contributed by atoms with van der Waals surface area (Å²) in [6.07, 6.45) is 0. The zero-order valence-corrected chi connectivity index (χ0v) is 9.42. The highest BCUT2D eigenvalue weighted by Crippen LogP contribution is 2.25. The molecule has 1 aromatic rings. The maximum atomic E-state index is 13.2. The number of rotatable bonds is 1. The predicted molar refractivity (Wildman–Crippen MR) is 59.9 cm³/mol. The lowest BCUT2D eigenvalue weighted by atomic mass is 10.3. The van der Waals surface area contributed by atoms with Gasteiger partial charge in [0.2, 0.25) is 0 Å². The van der Waals surface area contributed by atoms with Gasteiger partial charge in [-0.1, -0.05) is 6.07 Å². The first-order chi connectivity index (χ1) is 6.70. The largest absolute Gasteiger partial charge is 0.336 e. The molecular weight excluding hydrogens is 298 g/mol. The monoisotopic (exact) mass is 306 g/mol. The average Bonchev–Trinajstić information content (AvgIpc) is 2.57. The van der Waals surface area contributed by atoms with Crippen molar-refractivity contribution in [1.29, 1.82) is 0 Å². The number of anilines is 1. The third kappa shape index (κ3) is 1.56. The van der Waals surface area contributed by atoms with Crippen LogP contribution in [0.15, 0.2) is 18.2 Å². The summed E-state index contributed by atoms with van der Waals surface area (Å²) < 4.78 is 13.7. The minimum Gasteiger partial charge on any atom is -0.336 e. The van der Waals surface area contributed by atoms with E-state index in [0.717, 1.165) is 0 Å². The fourth-order valence-electron chi connectivity index (χ4n) is 1.40. The molecule has 0 saturated carbocycles. The second kappa shape index (κ2) is 3.72. The number of amides is 2. The summed E-state index contributed by atoms with van der Waals surface area (Å²) in [6, 6.07) is 4.58. The van der Waals surface area contributed by atoms with Gasteiger partial charge in [-0.3, -0.25) is 4.90 Å². The Kier molecular flexibility index (Phi) is 2.58. The quantitative estimate of drug-likeness (QED) is 0.791. The molecule has 3 nitrogen and oxygen atoms in total. The number of carbonyl (C=O) groups excluding carboxylic acids is 1. The topological polar surface area (TPSA) is 32.3 Å². The van der Waals surface area contributed by atoms with Gasteiger partial charge in [0.15, 0.2) is 0 Å². The van der Waals surface area contributed by atoms with E-state index in [9.17, 15) is 9.18 Å². The second-order valence-electron chi connectivity index (χ2n) is 2.96. The first-order valence-electron chi connectivity index (χ1n) is 4.19. The number of halogens is 2. The summed E-state index contributed by atoms with van der Waals surface area (Å²) in [6.45, 7) is 1.21. The minimum atomic E-state index is -0.289. The fourth-order valence-corrected chi connectivity index (χ4v) is 2.05. The first kappa shape index (κ1) is 9.70. The van der Waals surface area contributed by atoms with Gasteiger partial charge in [-0.05, 0) is 34.7 Å². The zero-order valence-electron chi connectivity index (χ0n) is 7.26. The third-order valence-corrected chi connectivity index (χ3v) is 3.15. The van der Waals surface area contributed by atoms with E-state index in [1.54, 1.807) is 17.0 Å². The Morgan fingerprint density at radius 1 is 1.50 bits per heavy atom. The van der Waals surface area contributed by atoms with Crippen molar-refractivity contribution < 1.29 is 9.18 Å². The Balaban J connectivity index is 2.41. The molecule has 2 amide bonds. The number of hydrogen-bond donors (Lipinski definition) is 1. The molecule has 14 heavy (non-hydrogen) atoms. The van der Waals surface area contributed by atoms with E-state index < -0.39 is 0 Å². The molecule has 0 aliphatic carbocycles. The van der Waals surface area contributed by atoms with Crippen LogP contribution in [0.4, 0.5) is 14.9 Å². The molecule has 0 aromatic heterocycles. The van der Waals surface area contributed by atoms with E-state index in [-0.39, 0.29) is 11.8 Å². The molecule has 1 saturated heterocycles. The van der Waals surface area contributed by atoms with Gasteiger partial charge >= 0.3 is 6.03 Å². The number of urea groups is 1. The lowest BCUT2D eigenvalue weighted by molar-refractivity contribution is 0.252. The normalized spacial score (nSPS) is 15.9. The number of nitrogens with zero attached hydrogens (tertiary/aromatic N) is 1. The lowest BCUT2D eigenvalue weighted by Crippen LogP contribution is -2.28. The van der Waals surface area contributed by atoms with Gasteiger partial charge in [-0.2, -0.15) is 0 Å². The molecule has 0 bridgehead atoms. The first-order valence-corrected chi connectivity index (χ1v) is 5.27. The Bertz CT molecular complexity index is 383. The van der Waals surface area contributed by atoms with Crippen LogP contribution in [0.25, 0.3) is 0 Å². The molecule has 1 aliphatic heterocycles. The van der Waals surface area contributed by atoms with Crippen molar-refractivity contribution in [3.63, 3.8) is 0 Å². The molecule has 1 aromatic carbocycles. The molecule has 0 radical (unpaired) electrons. The summed E-state index contributed by atoms with van der Waals surface area (Å²) in [5, 5.41) is 2.68. The smallest absolute Gasteiger partial charge is 0.322 e. The number of carbonyl (C=O) groups is 1. The molecule has 0 spiro atoms. The Morgan fingerprint density at radius 3 is 2.93 bits per heavy atom. The van der Waals surface area contributed by atoms with Crippen molar-refractivity contribution in [1.82, 2.24) is 5.32 Å². The molecule has 2 rings (SSSR count). The van der Waals surface area contributed by atoms with Gasteiger partial charge in [0.05, 0.1) is 9.26 Å². The molecule has 0 unspecified atom stereocenters. The summed E-state index contributed by atoms with van der Waals surface area (Å²) in [5.74, 6) is -0.289. The van der Waals surface area contributed by atoms with Crippen LogP contribution in [-0.2, 0) is 0 Å². The Hall–Kier alpha value is -0.850. The molecule has 5 heteroatoms. The van der Waals surface area contributed by atoms with Gasteiger partial charge in [-0.25, -0.2) is 9.18 Å². The molecule has 74 valence electrons. The van der Waals surface area contributed by atoms with Crippen LogP contribution in [-0.4, -0.2) is 19.1 Å². The van der Waals surface area contributed by atoms with E-state index in [2.05, 4.69) is 5.32 Å². The van der Waals surface area contributed by atoms with Crippen LogP contribution in [0.1, 0.15) is 0 Å². The van der Waals surface area contributed by atoms with Crippen LogP contribution in [0, 0.1) is 9.39 Å². The highest BCUT2D eigenvalue weighted by molar-refractivity contribution is 14.1. The zero-order chi connectivity index (χ0) is 10.1. The van der Waals surface area contributed by atoms with E-state index in [1.807, 2.05) is 22.6 Å². The highest BCUT2D eigenvalue weighted by atomic mass is 127. The van der Waals surface area contributed by atoms with Crippen molar-refractivity contribution in [3.05, 3.63) is 27.6 Å².